The van der Waals surface area contributed by atoms with Gasteiger partial charge in [-0.25, -0.2) is 0 Å². The molecule has 1 aromatic rings. The summed E-state index contributed by atoms with van der Waals surface area (Å²) in [4.78, 5) is 2.63. The van der Waals surface area contributed by atoms with E-state index in [1.807, 2.05) is 0 Å². The molecule has 0 spiro atoms. The van der Waals surface area contributed by atoms with Crippen LogP contribution >= 0.6 is 0 Å². The van der Waals surface area contributed by atoms with Crippen molar-refractivity contribution in [2.75, 3.05) is 13.1 Å². The Morgan fingerprint density at radius 2 is 1.86 bits per heavy atom. The molecule has 0 amide bonds. The molecule has 1 fully saturated rings. The zero-order valence-electron chi connectivity index (χ0n) is 14.8. The van der Waals surface area contributed by atoms with Gasteiger partial charge in [-0.05, 0) is 82.2 Å². The van der Waals surface area contributed by atoms with Crippen molar-refractivity contribution in [2.24, 2.45) is 5.92 Å². The number of rotatable bonds is 7. The van der Waals surface area contributed by atoms with Gasteiger partial charge in [-0.1, -0.05) is 36.6 Å². The summed E-state index contributed by atoms with van der Waals surface area (Å²) in [6, 6.07) is 6.92. The standard InChI is InChI=1S/C21H33N/c1-17(2)7-5-6-8-20-11-13-22(14-12-20)16-21-10-9-18(3)19(4)15-21/h9-10,15,20H,1,5-8,11-14,16H2,2-4H3. The number of benzene rings is 1. The number of allylic oxidation sites excluding steroid dienone is 1. The maximum atomic E-state index is 3.99. The molecular weight excluding hydrogens is 266 g/mol. The molecule has 122 valence electrons. The van der Waals surface area contributed by atoms with E-state index in [0.29, 0.717) is 0 Å². The summed E-state index contributed by atoms with van der Waals surface area (Å²) < 4.78 is 0. The van der Waals surface area contributed by atoms with E-state index < -0.39 is 0 Å². The number of hydrogen-bond donors (Lipinski definition) is 0. The van der Waals surface area contributed by atoms with Crippen molar-refractivity contribution >= 4 is 0 Å². The summed E-state index contributed by atoms with van der Waals surface area (Å²) in [6.07, 6.45) is 8.12. The molecule has 0 aromatic heterocycles. The molecule has 1 heterocycles. The number of nitrogens with zero attached hydrogens (tertiary/aromatic N) is 1. The van der Waals surface area contributed by atoms with Crippen LogP contribution in [0.1, 0.15) is 62.1 Å². The normalized spacial score (nSPS) is 16.9. The summed E-state index contributed by atoms with van der Waals surface area (Å²) in [5.41, 5.74) is 5.63. The highest BCUT2D eigenvalue weighted by molar-refractivity contribution is 5.29. The Morgan fingerprint density at radius 1 is 1.14 bits per heavy atom. The van der Waals surface area contributed by atoms with E-state index in [1.165, 1.54) is 73.9 Å². The average molecular weight is 300 g/mol. The van der Waals surface area contributed by atoms with Gasteiger partial charge in [0.05, 0.1) is 0 Å². The van der Waals surface area contributed by atoms with Crippen molar-refractivity contribution in [3.8, 4) is 0 Å². The molecule has 0 N–H and O–H groups in total. The van der Waals surface area contributed by atoms with Crippen molar-refractivity contribution in [1.29, 1.82) is 0 Å². The average Bonchev–Trinajstić information content (AvgIpc) is 2.49. The Bertz CT molecular complexity index is 481. The minimum Gasteiger partial charge on any atom is -0.299 e. The first kappa shape index (κ1) is 17.3. The fourth-order valence-electron chi connectivity index (χ4n) is 3.45. The number of piperidine rings is 1. The number of unbranched alkanes of at least 4 members (excludes halogenated alkanes) is 1. The minimum absolute atomic E-state index is 0.959. The van der Waals surface area contributed by atoms with Gasteiger partial charge in [-0.3, -0.25) is 4.90 Å². The second kappa shape index (κ2) is 8.53. The topological polar surface area (TPSA) is 3.24 Å². The summed E-state index contributed by atoms with van der Waals surface area (Å²) in [5, 5.41) is 0. The smallest absolute Gasteiger partial charge is 0.0233 e. The van der Waals surface area contributed by atoms with Gasteiger partial charge in [-0.15, -0.1) is 6.58 Å². The van der Waals surface area contributed by atoms with Gasteiger partial charge < -0.3 is 0 Å². The Kier molecular flexibility index (Phi) is 6.70. The number of likely N-dealkylation sites (tertiary alicyclic amines) is 1. The van der Waals surface area contributed by atoms with Gasteiger partial charge in [0.25, 0.3) is 0 Å². The molecule has 1 saturated heterocycles. The van der Waals surface area contributed by atoms with Crippen LogP contribution in [-0.2, 0) is 6.54 Å². The second-order valence-corrected chi connectivity index (χ2v) is 7.34. The van der Waals surface area contributed by atoms with Crippen molar-refractivity contribution < 1.29 is 0 Å². The maximum absolute atomic E-state index is 3.99. The van der Waals surface area contributed by atoms with E-state index in [4.69, 9.17) is 0 Å². The summed E-state index contributed by atoms with van der Waals surface area (Å²) in [7, 11) is 0. The summed E-state index contributed by atoms with van der Waals surface area (Å²) >= 11 is 0. The lowest BCUT2D eigenvalue weighted by Gasteiger charge is -2.32. The first-order valence-corrected chi connectivity index (χ1v) is 8.97. The van der Waals surface area contributed by atoms with Gasteiger partial charge in [0.2, 0.25) is 0 Å². The first-order valence-electron chi connectivity index (χ1n) is 8.97. The van der Waals surface area contributed by atoms with Gasteiger partial charge in [0.15, 0.2) is 0 Å². The van der Waals surface area contributed by atoms with Crippen LogP contribution < -0.4 is 0 Å². The van der Waals surface area contributed by atoms with Crippen LogP contribution in [0.25, 0.3) is 0 Å². The highest BCUT2D eigenvalue weighted by atomic mass is 15.1. The lowest BCUT2D eigenvalue weighted by Crippen LogP contribution is -2.33. The quantitative estimate of drug-likeness (QED) is 0.464. The van der Waals surface area contributed by atoms with Crippen LogP contribution in [0.3, 0.4) is 0 Å². The van der Waals surface area contributed by atoms with Gasteiger partial charge in [0, 0.05) is 6.54 Å². The molecule has 0 saturated carbocycles. The third kappa shape index (κ3) is 5.61. The fourth-order valence-corrected chi connectivity index (χ4v) is 3.45. The second-order valence-electron chi connectivity index (χ2n) is 7.34. The number of hydrogen-bond acceptors (Lipinski definition) is 1. The molecule has 0 atom stereocenters. The zero-order chi connectivity index (χ0) is 15.9. The fraction of sp³-hybridized carbons (Fsp3) is 0.619. The molecule has 1 nitrogen and oxygen atoms in total. The van der Waals surface area contributed by atoms with Crippen molar-refractivity contribution in [3.05, 3.63) is 47.0 Å². The van der Waals surface area contributed by atoms with Gasteiger partial charge >= 0.3 is 0 Å². The zero-order valence-corrected chi connectivity index (χ0v) is 14.8. The van der Waals surface area contributed by atoms with E-state index in [9.17, 15) is 0 Å². The van der Waals surface area contributed by atoms with E-state index >= 15 is 0 Å². The Hall–Kier alpha value is -1.08. The Morgan fingerprint density at radius 3 is 2.50 bits per heavy atom. The third-order valence-electron chi connectivity index (χ3n) is 5.15. The maximum Gasteiger partial charge on any atom is 0.0233 e. The monoisotopic (exact) mass is 299 g/mol. The van der Waals surface area contributed by atoms with E-state index in [-0.39, 0.29) is 0 Å². The van der Waals surface area contributed by atoms with Gasteiger partial charge in [0.1, 0.15) is 0 Å². The lowest BCUT2D eigenvalue weighted by atomic mass is 9.90. The third-order valence-corrected chi connectivity index (χ3v) is 5.15. The largest absolute Gasteiger partial charge is 0.299 e. The Balaban J connectivity index is 1.68. The highest BCUT2D eigenvalue weighted by Crippen LogP contribution is 2.24. The molecule has 1 aliphatic heterocycles. The van der Waals surface area contributed by atoms with Crippen LogP contribution in [0.5, 0.6) is 0 Å². The molecule has 1 heteroatoms. The van der Waals surface area contributed by atoms with E-state index in [2.05, 4.69) is 50.4 Å². The molecular formula is C21H33N. The van der Waals surface area contributed by atoms with Crippen LogP contribution in [0.4, 0.5) is 0 Å². The summed E-state index contributed by atoms with van der Waals surface area (Å²) in [6.45, 7) is 14.2. The number of aryl methyl sites for hydroxylation is 2. The molecule has 1 aromatic carbocycles. The molecule has 0 unspecified atom stereocenters. The van der Waals surface area contributed by atoms with E-state index in [0.717, 1.165) is 12.5 Å². The van der Waals surface area contributed by atoms with Crippen LogP contribution in [0.2, 0.25) is 0 Å². The van der Waals surface area contributed by atoms with Crippen LogP contribution in [-0.4, -0.2) is 18.0 Å². The van der Waals surface area contributed by atoms with E-state index in [1.54, 1.807) is 0 Å². The molecule has 0 aliphatic carbocycles. The minimum atomic E-state index is 0.959. The SMILES string of the molecule is C=C(C)CCCCC1CCN(Cc2ccc(C)c(C)c2)CC1. The first-order chi connectivity index (χ1) is 10.5. The summed E-state index contributed by atoms with van der Waals surface area (Å²) in [5.74, 6) is 0.959. The van der Waals surface area contributed by atoms with Crippen molar-refractivity contribution in [3.63, 3.8) is 0 Å². The van der Waals surface area contributed by atoms with Crippen LogP contribution in [0, 0.1) is 19.8 Å². The van der Waals surface area contributed by atoms with Crippen molar-refractivity contribution in [1.82, 2.24) is 4.90 Å². The lowest BCUT2D eigenvalue weighted by molar-refractivity contribution is 0.170. The van der Waals surface area contributed by atoms with Crippen molar-refractivity contribution in [2.45, 2.75) is 65.8 Å². The predicted octanol–water partition coefficient (Wildman–Crippen LogP) is 5.65. The highest BCUT2D eigenvalue weighted by Gasteiger charge is 2.18. The predicted molar refractivity (Wildman–Crippen MR) is 97.2 cm³/mol. The molecule has 0 radical (unpaired) electrons. The molecule has 22 heavy (non-hydrogen) atoms. The Labute approximate surface area is 137 Å². The molecule has 2 rings (SSSR count). The molecule has 0 bridgehead atoms. The molecule has 1 aliphatic rings. The van der Waals surface area contributed by atoms with Gasteiger partial charge in [-0.2, -0.15) is 0 Å². The van der Waals surface area contributed by atoms with Crippen LogP contribution in [0.15, 0.2) is 30.4 Å².